The summed E-state index contributed by atoms with van der Waals surface area (Å²) >= 11 is 7.17. The maximum absolute atomic E-state index is 13.6. The zero-order chi connectivity index (χ0) is 27.7. The normalized spacial score (nSPS) is 12.5. The number of nitrogens with zero attached hydrogens (tertiary/aromatic N) is 4. The number of rotatable bonds is 7. The Morgan fingerprint density at radius 2 is 1.79 bits per heavy atom. The number of amides is 1. The van der Waals surface area contributed by atoms with Crippen molar-refractivity contribution in [1.82, 2.24) is 19.2 Å². The van der Waals surface area contributed by atoms with Crippen molar-refractivity contribution in [2.45, 2.75) is 23.1 Å². The van der Waals surface area contributed by atoms with Gasteiger partial charge in [-0.1, -0.05) is 71.9 Å². The molecule has 2 heterocycles. The lowest BCUT2D eigenvalue weighted by Crippen LogP contribution is -2.23. The van der Waals surface area contributed by atoms with Crippen LogP contribution in [-0.2, 0) is 17.5 Å². The van der Waals surface area contributed by atoms with Gasteiger partial charge in [-0.25, -0.2) is 0 Å². The van der Waals surface area contributed by atoms with Crippen molar-refractivity contribution in [3.8, 4) is 0 Å². The van der Waals surface area contributed by atoms with E-state index >= 15 is 0 Å². The molecule has 7 nitrogen and oxygen atoms in total. The molecule has 0 aliphatic carbocycles. The molecule has 0 bridgehead atoms. The molecule has 0 spiro atoms. The van der Waals surface area contributed by atoms with Gasteiger partial charge in [0.15, 0.2) is 5.16 Å². The van der Waals surface area contributed by atoms with Crippen molar-refractivity contribution in [1.29, 1.82) is 0 Å². The van der Waals surface area contributed by atoms with Crippen molar-refractivity contribution in [3.05, 3.63) is 112 Å². The predicted octanol–water partition coefficient (Wildman–Crippen LogP) is 6.37. The molecule has 39 heavy (non-hydrogen) atoms. The smallest absolute Gasteiger partial charge is 0.323 e. The lowest BCUT2D eigenvalue weighted by molar-refractivity contribution is -0.137. The molecule has 1 atom stereocenters. The highest BCUT2D eigenvalue weighted by atomic mass is 35.5. The Morgan fingerprint density at radius 3 is 2.51 bits per heavy atom. The van der Waals surface area contributed by atoms with Crippen LogP contribution >= 0.6 is 23.4 Å². The molecule has 1 amide bonds. The monoisotopic (exact) mass is 569 g/mol. The summed E-state index contributed by atoms with van der Waals surface area (Å²) < 4.78 is 43.0. The van der Waals surface area contributed by atoms with Crippen molar-refractivity contribution in [3.63, 3.8) is 0 Å². The first kappa shape index (κ1) is 26.5. The number of aromatic nitrogens is 4. The third-order valence-electron chi connectivity index (χ3n) is 5.91. The van der Waals surface area contributed by atoms with Crippen LogP contribution in [0.25, 0.3) is 16.7 Å². The Morgan fingerprint density at radius 1 is 1.08 bits per heavy atom. The number of hydrogen-bond donors (Lipinski definition) is 1. The Hall–Kier alpha value is -4.09. The third kappa shape index (κ3) is 5.15. The minimum absolute atomic E-state index is 0.0412. The first-order valence-corrected chi connectivity index (χ1v) is 12.8. The summed E-state index contributed by atoms with van der Waals surface area (Å²) in [4.78, 5) is 26.7. The molecular formula is C27H19ClF3N5O2S. The lowest BCUT2D eigenvalue weighted by Gasteiger charge is -2.18. The summed E-state index contributed by atoms with van der Waals surface area (Å²) in [6.07, 6.45) is -3.04. The van der Waals surface area contributed by atoms with Crippen molar-refractivity contribution < 1.29 is 18.0 Å². The van der Waals surface area contributed by atoms with Gasteiger partial charge in [-0.3, -0.25) is 18.6 Å². The van der Waals surface area contributed by atoms with Crippen LogP contribution < -0.4 is 10.9 Å². The fraction of sp³-hybridized carbons (Fsp3) is 0.111. The van der Waals surface area contributed by atoms with Gasteiger partial charge >= 0.3 is 6.18 Å². The number of hydrogen-bond acceptors (Lipinski definition) is 5. The Bertz CT molecular complexity index is 1770. The molecule has 0 radical (unpaired) electrons. The van der Waals surface area contributed by atoms with Gasteiger partial charge in [0.05, 0.1) is 27.2 Å². The maximum Gasteiger partial charge on any atom is 0.416 e. The summed E-state index contributed by atoms with van der Waals surface area (Å²) in [5.74, 6) is -0.359. The molecule has 0 aliphatic heterocycles. The third-order valence-corrected chi connectivity index (χ3v) is 7.43. The molecule has 2 aromatic heterocycles. The second kappa shape index (κ2) is 10.6. The van der Waals surface area contributed by atoms with Crippen LogP contribution in [0, 0.1) is 0 Å². The van der Waals surface area contributed by atoms with Crippen LogP contribution in [0.1, 0.15) is 16.4 Å². The Balaban J connectivity index is 1.61. The number of carbonyl (C=O) groups excluding carboxylic acids is 1. The van der Waals surface area contributed by atoms with Gasteiger partial charge < -0.3 is 5.32 Å². The molecule has 0 fully saturated rings. The van der Waals surface area contributed by atoms with Crippen molar-refractivity contribution in [2.24, 2.45) is 0 Å². The van der Waals surface area contributed by atoms with Gasteiger partial charge in [-0.05, 0) is 35.9 Å². The van der Waals surface area contributed by atoms with Crippen LogP contribution in [0.15, 0.2) is 95.4 Å². The van der Waals surface area contributed by atoms with Gasteiger partial charge in [0, 0.05) is 6.54 Å². The van der Waals surface area contributed by atoms with Crippen LogP contribution in [0.4, 0.5) is 18.9 Å². The summed E-state index contributed by atoms with van der Waals surface area (Å²) in [6, 6.07) is 18.4. The van der Waals surface area contributed by atoms with E-state index in [1.54, 1.807) is 65.1 Å². The van der Waals surface area contributed by atoms with E-state index in [2.05, 4.69) is 22.1 Å². The molecule has 1 N–H and O–H groups in total. The predicted molar refractivity (Wildman–Crippen MR) is 145 cm³/mol. The zero-order valence-electron chi connectivity index (χ0n) is 20.0. The lowest BCUT2D eigenvalue weighted by atomic mass is 10.1. The van der Waals surface area contributed by atoms with E-state index in [0.29, 0.717) is 21.6 Å². The molecule has 5 aromatic rings. The van der Waals surface area contributed by atoms with E-state index < -0.39 is 22.9 Å². The highest BCUT2D eigenvalue weighted by Crippen LogP contribution is 2.38. The number of nitrogens with one attached hydrogen (secondary N) is 1. The van der Waals surface area contributed by atoms with Crippen LogP contribution in [0.3, 0.4) is 0 Å². The molecule has 198 valence electrons. The van der Waals surface area contributed by atoms with Gasteiger partial charge in [0.1, 0.15) is 5.25 Å². The number of thioether (sulfide) groups is 1. The number of allylic oxidation sites excluding steroid dienone is 1. The van der Waals surface area contributed by atoms with Crippen LogP contribution in [-0.4, -0.2) is 25.1 Å². The molecule has 0 saturated heterocycles. The average molecular weight is 570 g/mol. The standard InChI is InChI=1S/C27H19ClF3N5O2S/c1-2-14-35-24(38)18-10-6-7-11-21(18)36-25(35)33-34-26(36)39-22(16-8-4-3-5-9-16)23(37)32-20-15-17(27(29,30)31)12-13-19(20)28/h2-13,15,22H,1,14H2,(H,32,37). The van der Waals surface area contributed by atoms with E-state index in [9.17, 15) is 22.8 Å². The fourth-order valence-corrected chi connectivity index (χ4v) is 5.31. The van der Waals surface area contributed by atoms with E-state index in [0.717, 1.165) is 30.0 Å². The number of anilines is 1. The highest BCUT2D eigenvalue weighted by molar-refractivity contribution is 8.00. The number of benzene rings is 3. The second-order valence-corrected chi connectivity index (χ2v) is 9.91. The minimum Gasteiger partial charge on any atom is -0.323 e. The number of alkyl halides is 3. The number of carbonyl (C=O) groups is 1. The summed E-state index contributed by atoms with van der Waals surface area (Å²) in [5, 5.41) is 10.8. The quantitative estimate of drug-likeness (QED) is 0.182. The first-order valence-electron chi connectivity index (χ1n) is 11.6. The molecule has 3 aromatic carbocycles. The SMILES string of the molecule is C=CCn1c(=O)c2ccccc2n2c(SC(C(=O)Nc3cc(C(F)(F)F)ccc3Cl)c3ccccc3)nnc12. The molecule has 5 rings (SSSR count). The first-order chi connectivity index (χ1) is 18.7. The van der Waals surface area contributed by atoms with Gasteiger partial charge in [-0.2, -0.15) is 13.2 Å². The Labute approximate surface area is 228 Å². The second-order valence-electron chi connectivity index (χ2n) is 8.43. The summed E-state index contributed by atoms with van der Waals surface area (Å²) in [7, 11) is 0. The van der Waals surface area contributed by atoms with E-state index in [4.69, 9.17) is 11.6 Å². The molecule has 1 unspecified atom stereocenters. The van der Waals surface area contributed by atoms with E-state index in [1.807, 2.05) is 0 Å². The maximum atomic E-state index is 13.6. The fourth-order valence-electron chi connectivity index (χ4n) is 4.11. The van der Waals surface area contributed by atoms with Crippen LogP contribution in [0.2, 0.25) is 5.02 Å². The van der Waals surface area contributed by atoms with Gasteiger partial charge in [-0.15, -0.1) is 16.8 Å². The largest absolute Gasteiger partial charge is 0.416 e. The Kier molecular flexibility index (Phi) is 7.19. The van der Waals surface area contributed by atoms with E-state index in [-0.39, 0.29) is 28.6 Å². The molecule has 0 saturated carbocycles. The van der Waals surface area contributed by atoms with E-state index in [1.165, 1.54) is 4.57 Å². The number of halogens is 4. The number of para-hydroxylation sites is 1. The average Bonchev–Trinajstić information content (AvgIpc) is 3.34. The van der Waals surface area contributed by atoms with Crippen LogP contribution in [0.5, 0.6) is 0 Å². The molecular weight excluding hydrogens is 551 g/mol. The number of fused-ring (bicyclic) bond motifs is 3. The topological polar surface area (TPSA) is 81.3 Å². The zero-order valence-corrected chi connectivity index (χ0v) is 21.6. The van der Waals surface area contributed by atoms with Gasteiger partial charge in [0.25, 0.3) is 5.56 Å². The van der Waals surface area contributed by atoms with Gasteiger partial charge in [0.2, 0.25) is 11.7 Å². The summed E-state index contributed by atoms with van der Waals surface area (Å²) in [5.41, 5.74) is -0.267. The summed E-state index contributed by atoms with van der Waals surface area (Å²) in [6.45, 7) is 3.90. The minimum atomic E-state index is -4.61. The molecule has 12 heteroatoms. The molecule has 0 aliphatic rings. The van der Waals surface area contributed by atoms with Crippen molar-refractivity contribution in [2.75, 3.05) is 5.32 Å². The highest BCUT2D eigenvalue weighted by Gasteiger charge is 2.32. The van der Waals surface area contributed by atoms with Crippen molar-refractivity contribution >= 4 is 51.6 Å².